The van der Waals surface area contributed by atoms with Gasteiger partial charge in [0.05, 0.1) is 12.6 Å². The van der Waals surface area contributed by atoms with E-state index in [1.807, 2.05) is 0 Å². The van der Waals surface area contributed by atoms with Gasteiger partial charge in [0.15, 0.2) is 0 Å². The molecular weight excluding hydrogens is 354 g/mol. The van der Waals surface area contributed by atoms with Crippen molar-refractivity contribution in [3.8, 4) is 0 Å². The summed E-state index contributed by atoms with van der Waals surface area (Å²) < 4.78 is 1.58. The van der Waals surface area contributed by atoms with Gasteiger partial charge in [-0.05, 0) is 39.3 Å². The van der Waals surface area contributed by atoms with Crippen LogP contribution in [0.25, 0.3) is 0 Å². The second kappa shape index (κ2) is 4.92. The van der Waals surface area contributed by atoms with Crippen LogP contribution in [0.15, 0.2) is 27.1 Å². The summed E-state index contributed by atoms with van der Waals surface area (Å²) in [6.45, 7) is 0. The Morgan fingerprint density at radius 3 is 2.76 bits per heavy atom. The maximum absolute atomic E-state index is 11.9. The van der Waals surface area contributed by atoms with E-state index in [4.69, 9.17) is 0 Å². The summed E-state index contributed by atoms with van der Waals surface area (Å²) in [4.78, 5) is 13.2. The molecule has 1 N–H and O–H groups in total. The number of tetrazole rings is 1. The highest BCUT2D eigenvalue weighted by Gasteiger charge is 2.12. The lowest BCUT2D eigenvalue weighted by Gasteiger charge is -2.03. The van der Waals surface area contributed by atoms with Gasteiger partial charge in [0.2, 0.25) is 0 Å². The van der Waals surface area contributed by atoms with E-state index in [2.05, 4.69) is 52.6 Å². The number of hydrogen-bond donors (Lipinski definition) is 1. The van der Waals surface area contributed by atoms with Gasteiger partial charge < -0.3 is 0 Å². The highest BCUT2D eigenvalue weighted by Crippen LogP contribution is 2.22. The zero-order chi connectivity index (χ0) is 12.4. The Morgan fingerprint density at radius 1 is 1.41 bits per heavy atom. The molecule has 0 unspecified atom stereocenters. The van der Waals surface area contributed by atoms with Crippen molar-refractivity contribution in [1.82, 2.24) is 20.2 Å². The molecule has 0 bridgehead atoms. The molecule has 2 rings (SSSR count). The molecule has 0 saturated heterocycles. The first kappa shape index (κ1) is 12.2. The van der Waals surface area contributed by atoms with Gasteiger partial charge in [-0.3, -0.25) is 10.1 Å². The Kier molecular flexibility index (Phi) is 3.53. The second-order valence-electron chi connectivity index (χ2n) is 3.18. The minimum Gasteiger partial charge on any atom is -0.288 e. The second-order valence-corrected chi connectivity index (χ2v) is 4.95. The van der Waals surface area contributed by atoms with Crippen LogP contribution in [0.1, 0.15) is 10.4 Å². The summed E-state index contributed by atoms with van der Waals surface area (Å²) in [7, 11) is 1.62. The van der Waals surface area contributed by atoms with Crippen LogP contribution in [0.2, 0.25) is 0 Å². The van der Waals surface area contributed by atoms with Crippen molar-refractivity contribution in [3.05, 3.63) is 32.7 Å². The number of benzene rings is 1. The standard InChI is InChI=1S/C9H7Br2N5O/c1-16-14-9(13-15-16)12-8(17)6-3-2-5(10)4-7(6)11/h2-4H,1H3,(H,12,14,17). The molecule has 6 nitrogen and oxygen atoms in total. The molecule has 0 fully saturated rings. The summed E-state index contributed by atoms with van der Waals surface area (Å²) in [5, 5.41) is 13.7. The van der Waals surface area contributed by atoms with Crippen molar-refractivity contribution in [3.63, 3.8) is 0 Å². The SMILES string of the molecule is Cn1nnc(NC(=O)c2ccc(Br)cc2Br)n1. The third kappa shape index (κ3) is 2.89. The van der Waals surface area contributed by atoms with Gasteiger partial charge in [0.25, 0.3) is 11.9 Å². The van der Waals surface area contributed by atoms with Gasteiger partial charge in [-0.15, -0.1) is 5.10 Å². The van der Waals surface area contributed by atoms with E-state index in [0.29, 0.717) is 10.0 Å². The number of carbonyl (C=O) groups excluding carboxylic acids is 1. The van der Waals surface area contributed by atoms with E-state index in [0.717, 1.165) is 4.47 Å². The molecule has 1 aromatic carbocycles. The third-order valence-corrected chi connectivity index (χ3v) is 3.06. The van der Waals surface area contributed by atoms with Gasteiger partial charge in [-0.1, -0.05) is 21.0 Å². The first-order chi connectivity index (χ1) is 8.06. The Morgan fingerprint density at radius 2 is 2.18 bits per heavy atom. The van der Waals surface area contributed by atoms with Crippen LogP contribution >= 0.6 is 31.9 Å². The maximum atomic E-state index is 11.9. The fourth-order valence-corrected chi connectivity index (χ4v) is 2.40. The number of nitrogens with one attached hydrogen (secondary N) is 1. The number of anilines is 1. The lowest BCUT2D eigenvalue weighted by atomic mass is 10.2. The molecule has 0 aliphatic rings. The van der Waals surface area contributed by atoms with Gasteiger partial charge in [-0.2, -0.15) is 4.80 Å². The molecule has 0 aliphatic carbocycles. The summed E-state index contributed by atoms with van der Waals surface area (Å²) in [6.07, 6.45) is 0. The normalized spacial score (nSPS) is 10.3. The van der Waals surface area contributed by atoms with Crippen LogP contribution in [-0.4, -0.2) is 26.1 Å². The fraction of sp³-hybridized carbons (Fsp3) is 0.111. The highest BCUT2D eigenvalue weighted by atomic mass is 79.9. The molecular formula is C9H7Br2N5O. The van der Waals surface area contributed by atoms with Crippen LogP contribution in [0.4, 0.5) is 5.95 Å². The number of aryl methyl sites for hydroxylation is 1. The van der Waals surface area contributed by atoms with E-state index in [9.17, 15) is 4.79 Å². The lowest BCUT2D eigenvalue weighted by Crippen LogP contribution is -2.13. The Balaban J connectivity index is 2.20. The first-order valence-electron chi connectivity index (χ1n) is 4.56. The number of amides is 1. The third-order valence-electron chi connectivity index (χ3n) is 1.91. The van der Waals surface area contributed by atoms with Crippen molar-refractivity contribution in [2.24, 2.45) is 7.05 Å². The summed E-state index contributed by atoms with van der Waals surface area (Å²) in [5.41, 5.74) is 0.501. The van der Waals surface area contributed by atoms with Gasteiger partial charge in [0, 0.05) is 8.95 Å². The maximum Gasteiger partial charge on any atom is 0.270 e. The van der Waals surface area contributed by atoms with E-state index in [1.54, 1.807) is 25.2 Å². The number of carbonyl (C=O) groups is 1. The number of nitrogens with zero attached hydrogens (tertiary/aromatic N) is 4. The van der Waals surface area contributed by atoms with E-state index in [-0.39, 0.29) is 11.9 Å². The minimum absolute atomic E-state index is 0.173. The molecule has 2 aromatic rings. The minimum atomic E-state index is -0.294. The molecule has 1 amide bonds. The summed E-state index contributed by atoms with van der Waals surface area (Å²) >= 11 is 6.63. The fourth-order valence-electron chi connectivity index (χ4n) is 1.18. The highest BCUT2D eigenvalue weighted by molar-refractivity contribution is 9.11. The van der Waals surface area contributed by atoms with Crippen molar-refractivity contribution in [2.75, 3.05) is 5.32 Å². The van der Waals surface area contributed by atoms with Gasteiger partial charge in [0.1, 0.15) is 0 Å². The summed E-state index contributed by atoms with van der Waals surface area (Å²) in [5.74, 6) is -0.121. The average molecular weight is 361 g/mol. The van der Waals surface area contributed by atoms with E-state index >= 15 is 0 Å². The van der Waals surface area contributed by atoms with Crippen molar-refractivity contribution in [1.29, 1.82) is 0 Å². The Labute approximate surface area is 114 Å². The molecule has 88 valence electrons. The van der Waals surface area contributed by atoms with Crippen LogP contribution in [0, 0.1) is 0 Å². The largest absolute Gasteiger partial charge is 0.288 e. The lowest BCUT2D eigenvalue weighted by molar-refractivity contribution is 0.102. The van der Waals surface area contributed by atoms with Crippen LogP contribution in [0.5, 0.6) is 0 Å². The van der Waals surface area contributed by atoms with Gasteiger partial charge in [-0.25, -0.2) is 0 Å². The Hall–Kier alpha value is -1.28. The van der Waals surface area contributed by atoms with Crippen LogP contribution < -0.4 is 5.32 Å². The molecule has 0 saturated carbocycles. The van der Waals surface area contributed by atoms with Crippen molar-refractivity contribution in [2.45, 2.75) is 0 Å². The zero-order valence-corrected chi connectivity index (χ0v) is 11.9. The first-order valence-corrected chi connectivity index (χ1v) is 6.15. The van der Waals surface area contributed by atoms with Gasteiger partial charge >= 0.3 is 0 Å². The topological polar surface area (TPSA) is 72.7 Å². The quantitative estimate of drug-likeness (QED) is 0.888. The number of hydrogen-bond acceptors (Lipinski definition) is 4. The Bertz CT molecular complexity index is 568. The monoisotopic (exact) mass is 359 g/mol. The van der Waals surface area contributed by atoms with E-state index < -0.39 is 0 Å². The average Bonchev–Trinajstić information content (AvgIpc) is 2.63. The van der Waals surface area contributed by atoms with Crippen LogP contribution in [-0.2, 0) is 7.05 Å². The number of rotatable bonds is 2. The molecule has 0 spiro atoms. The molecule has 1 aromatic heterocycles. The van der Waals surface area contributed by atoms with Crippen LogP contribution in [0.3, 0.4) is 0 Å². The molecule has 17 heavy (non-hydrogen) atoms. The van der Waals surface area contributed by atoms with E-state index in [1.165, 1.54) is 4.80 Å². The smallest absolute Gasteiger partial charge is 0.270 e. The van der Waals surface area contributed by atoms with Crippen molar-refractivity contribution < 1.29 is 4.79 Å². The summed E-state index contributed by atoms with van der Waals surface area (Å²) in [6, 6.07) is 5.27. The predicted octanol–water partition coefficient (Wildman–Crippen LogP) is 1.99. The number of halogens is 2. The predicted molar refractivity (Wildman–Crippen MR) is 68.6 cm³/mol. The zero-order valence-electron chi connectivity index (χ0n) is 8.69. The molecule has 0 radical (unpaired) electrons. The molecule has 0 aliphatic heterocycles. The molecule has 8 heteroatoms. The molecule has 0 atom stereocenters. The number of aromatic nitrogens is 4. The molecule has 1 heterocycles. The van der Waals surface area contributed by atoms with Crippen molar-refractivity contribution >= 4 is 43.7 Å².